The molecule has 2 aromatic heterocycles. The zero-order valence-electron chi connectivity index (χ0n) is 9.85. The number of methoxy groups -OCH3 is 1. The SMILES string of the molecule is CCCn1cc(-c2cnc(Cl)cc2OC)cn1. The van der Waals surface area contributed by atoms with Gasteiger partial charge in [0.15, 0.2) is 0 Å². The molecule has 0 aliphatic rings. The van der Waals surface area contributed by atoms with Gasteiger partial charge in [0.25, 0.3) is 0 Å². The molecular weight excluding hydrogens is 238 g/mol. The maximum Gasteiger partial charge on any atom is 0.132 e. The minimum Gasteiger partial charge on any atom is -0.496 e. The number of rotatable bonds is 4. The van der Waals surface area contributed by atoms with Crippen molar-refractivity contribution in [3.05, 3.63) is 29.8 Å². The molecule has 0 amide bonds. The normalized spacial score (nSPS) is 10.5. The molecular formula is C12H14ClN3O. The molecule has 5 heteroatoms. The third-order valence-corrected chi connectivity index (χ3v) is 2.66. The summed E-state index contributed by atoms with van der Waals surface area (Å²) in [5.74, 6) is 0.709. The van der Waals surface area contributed by atoms with E-state index in [0.717, 1.165) is 24.1 Å². The lowest BCUT2D eigenvalue weighted by Gasteiger charge is -2.05. The third-order valence-electron chi connectivity index (χ3n) is 2.45. The number of halogens is 1. The molecule has 0 aliphatic heterocycles. The minimum atomic E-state index is 0.423. The van der Waals surface area contributed by atoms with Crippen molar-refractivity contribution in [1.82, 2.24) is 14.8 Å². The standard InChI is InChI=1S/C12H14ClN3O/c1-3-4-16-8-9(6-15-16)10-7-14-12(13)5-11(10)17-2/h5-8H,3-4H2,1-2H3. The smallest absolute Gasteiger partial charge is 0.132 e. The van der Waals surface area contributed by atoms with E-state index in [2.05, 4.69) is 17.0 Å². The van der Waals surface area contributed by atoms with Gasteiger partial charge in [-0.25, -0.2) is 4.98 Å². The van der Waals surface area contributed by atoms with E-state index in [4.69, 9.17) is 16.3 Å². The van der Waals surface area contributed by atoms with Gasteiger partial charge < -0.3 is 4.74 Å². The highest BCUT2D eigenvalue weighted by atomic mass is 35.5. The Morgan fingerprint density at radius 3 is 2.94 bits per heavy atom. The first kappa shape index (κ1) is 11.9. The number of pyridine rings is 1. The number of aromatic nitrogens is 3. The van der Waals surface area contributed by atoms with Crippen LogP contribution in [0, 0.1) is 0 Å². The molecule has 2 heterocycles. The molecule has 0 aromatic carbocycles. The summed E-state index contributed by atoms with van der Waals surface area (Å²) in [6.45, 7) is 3.02. The van der Waals surface area contributed by atoms with E-state index in [0.29, 0.717) is 10.9 Å². The summed E-state index contributed by atoms with van der Waals surface area (Å²) in [7, 11) is 1.62. The molecule has 0 radical (unpaired) electrons. The molecule has 0 unspecified atom stereocenters. The molecule has 0 saturated carbocycles. The van der Waals surface area contributed by atoms with Gasteiger partial charge in [0.2, 0.25) is 0 Å². The summed E-state index contributed by atoms with van der Waals surface area (Å²) in [5, 5.41) is 4.70. The summed E-state index contributed by atoms with van der Waals surface area (Å²) in [5.41, 5.74) is 1.89. The van der Waals surface area contributed by atoms with Crippen LogP contribution in [0.5, 0.6) is 5.75 Å². The van der Waals surface area contributed by atoms with Crippen LogP contribution < -0.4 is 4.74 Å². The van der Waals surface area contributed by atoms with Crippen LogP contribution in [0.3, 0.4) is 0 Å². The number of aryl methyl sites for hydroxylation is 1. The summed E-state index contributed by atoms with van der Waals surface area (Å²) in [4.78, 5) is 4.07. The third kappa shape index (κ3) is 2.58. The second-order valence-electron chi connectivity index (χ2n) is 3.70. The number of hydrogen-bond acceptors (Lipinski definition) is 3. The van der Waals surface area contributed by atoms with Crippen molar-refractivity contribution < 1.29 is 4.74 Å². The van der Waals surface area contributed by atoms with Crippen LogP contribution in [-0.2, 0) is 6.54 Å². The summed E-state index contributed by atoms with van der Waals surface area (Å²) >= 11 is 5.83. The lowest BCUT2D eigenvalue weighted by molar-refractivity contribution is 0.416. The molecule has 2 aromatic rings. The highest BCUT2D eigenvalue weighted by Gasteiger charge is 2.09. The van der Waals surface area contributed by atoms with Crippen molar-refractivity contribution in [2.75, 3.05) is 7.11 Å². The first-order valence-electron chi connectivity index (χ1n) is 5.47. The van der Waals surface area contributed by atoms with Crippen molar-refractivity contribution in [2.24, 2.45) is 0 Å². The fraction of sp³-hybridized carbons (Fsp3) is 0.333. The van der Waals surface area contributed by atoms with E-state index in [1.165, 1.54) is 0 Å². The van der Waals surface area contributed by atoms with Crippen molar-refractivity contribution in [3.63, 3.8) is 0 Å². The Morgan fingerprint density at radius 2 is 2.24 bits per heavy atom. The zero-order valence-corrected chi connectivity index (χ0v) is 10.6. The topological polar surface area (TPSA) is 39.9 Å². The van der Waals surface area contributed by atoms with E-state index in [1.54, 1.807) is 19.4 Å². The summed E-state index contributed by atoms with van der Waals surface area (Å²) in [6.07, 6.45) is 6.55. The molecule has 2 rings (SSSR count). The minimum absolute atomic E-state index is 0.423. The average molecular weight is 252 g/mol. The molecule has 0 atom stereocenters. The highest BCUT2D eigenvalue weighted by Crippen LogP contribution is 2.30. The lowest BCUT2D eigenvalue weighted by Crippen LogP contribution is -1.95. The molecule has 17 heavy (non-hydrogen) atoms. The van der Waals surface area contributed by atoms with E-state index < -0.39 is 0 Å². The Hall–Kier alpha value is -1.55. The van der Waals surface area contributed by atoms with Crippen LogP contribution in [0.2, 0.25) is 5.15 Å². The molecule has 0 bridgehead atoms. The van der Waals surface area contributed by atoms with Gasteiger partial charge in [-0.05, 0) is 6.42 Å². The second-order valence-corrected chi connectivity index (χ2v) is 4.09. The lowest BCUT2D eigenvalue weighted by atomic mass is 10.1. The van der Waals surface area contributed by atoms with Gasteiger partial charge in [-0.15, -0.1) is 0 Å². The summed E-state index contributed by atoms with van der Waals surface area (Å²) in [6, 6.07) is 1.70. The fourth-order valence-electron chi connectivity index (χ4n) is 1.65. The Morgan fingerprint density at radius 1 is 1.41 bits per heavy atom. The van der Waals surface area contributed by atoms with Gasteiger partial charge >= 0.3 is 0 Å². The Kier molecular flexibility index (Phi) is 3.64. The maximum absolute atomic E-state index is 5.83. The van der Waals surface area contributed by atoms with E-state index in [1.807, 2.05) is 17.1 Å². The Bertz CT molecular complexity index is 510. The molecule has 0 N–H and O–H groups in total. The second kappa shape index (κ2) is 5.19. The van der Waals surface area contributed by atoms with Gasteiger partial charge in [0.05, 0.1) is 13.3 Å². The molecule has 0 saturated heterocycles. The Labute approximate surface area is 105 Å². The van der Waals surface area contributed by atoms with Crippen LogP contribution in [0.15, 0.2) is 24.7 Å². The first-order chi connectivity index (χ1) is 8.24. The highest BCUT2D eigenvalue weighted by molar-refractivity contribution is 6.29. The molecule has 0 aliphatic carbocycles. The van der Waals surface area contributed by atoms with Crippen LogP contribution >= 0.6 is 11.6 Å². The monoisotopic (exact) mass is 251 g/mol. The van der Waals surface area contributed by atoms with Crippen molar-refractivity contribution in [2.45, 2.75) is 19.9 Å². The van der Waals surface area contributed by atoms with E-state index >= 15 is 0 Å². The van der Waals surface area contributed by atoms with Gasteiger partial charge in [-0.2, -0.15) is 5.10 Å². The van der Waals surface area contributed by atoms with Crippen LogP contribution in [0.1, 0.15) is 13.3 Å². The molecule has 0 fully saturated rings. The zero-order chi connectivity index (χ0) is 12.3. The number of hydrogen-bond donors (Lipinski definition) is 0. The van der Waals surface area contributed by atoms with Crippen LogP contribution in [0.4, 0.5) is 0 Å². The van der Waals surface area contributed by atoms with E-state index in [-0.39, 0.29) is 0 Å². The predicted octanol–water partition coefficient (Wildman–Crippen LogP) is 3.02. The van der Waals surface area contributed by atoms with Crippen LogP contribution in [0.25, 0.3) is 11.1 Å². The summed E-state index contributed by atoms with van der Waals surface area (Å²) < 4.78 is 7.19. The molecule has 90 valence electrons. The van der Waals surface area contributed by atoms with Crippen molar-refractivity contribution in [1.29, 1.82) is 0 Å². The number of ether oxygens (including phenoxy) is 1. The fourth-order valence-corrected chi connectivity index (χ4v) is 1.80. The number of nitrogens with zero attached hydrogens (tertiary/aromatic N) is 3. The Balaban J connectivity index is 2.37. The predicted molar refractivity (Wildman–Crippen MR) is 67.3 cm³/mol. The molecule has 4 nitrogen and oxygen atoms in total. The van der Waals surface area contributed by atoms with Crippen molar-refractivity contribution >= 4 is 11.6 Å². The van der Waals surface area contributed by atoms with Gasteiger partial charge in [-0.3, -0.25) is 4.68 Å². The average Bonchev–Trinajstić information content (AvgIpc) is 2.78. The molecule has 0 spiro atoms. The van der Waals surface area contributed by atoms with Crippen LogP contribution in [-0.4, -0.2) is 21.9 Å². The first-order valence-corrected chi connectivity index (χ1v) is 5.84. The van der Waals surface area contributed by atoms with Gasteiger partial charge in [0, 0.05) is 36.1 Å². The van der Waals surface area contributed by atoms with Gasteiger partial charge in [0.1, 0.15) is 10.9 Å². The quantitative estimate of drug-likeness (QED) is 0.785. The largest absolute Gasteiger partial charge is 0.496 e. The maximum atomic E-state index is 5.83. The van der Waals surface area contributed by atoms with Crippen molar-refractivity contribution in [3.8, 4) is 16.9 Å². The van der Waals surface area contributed by atoms with Gasteiger partial charge in [-0.1, -0.05) is 18.5 Å². The van der Waals surface area contributed by atoms with E-state index in [9.17, 15) is 0 Å².